The first-order chi connectivity index (χ1) is 27.5. The summed E-state index contributed by atoms with van der Waals surface area (Å²) >= 11 is 0. The number of hydrogen-bond acceptors (Lipinski definition) is 11. The Bertz CT molecular complexity index is 2320. The first-order valence-corrected chi connectivity index (χ1v) is 20.9. The highest BCUT2D eigenvalue weighted by Gasteiger charge is 2.42. The smallest absolute Gasteiger partial charge is 0.354 e. The molecule has 13 nitrogen and oxygen atoms in total. The average Bonchev–Trinajstić information content (AvgIpc) is 3.81. The molecule has 1 unspecified atom stereocenters. The third kappa shape index (κ3) is 8.71. The number of nitrogens with zero attached hydrogens (tertiary/aromatic N) is 4. The van der Waals surface area contributed by atoms with Gasteiger partial charge in [0.25, 0.3) is 5.91 Å². The number of fused-ring (bicyclic) bond motifs is 1. The highest BCUT2D eigenvalue weighted by Crippen LogP contribution is 2.41. The van der Waals surface area contributed by atoms with E-state index in [1.54, 1.807) is 51.7 Å². The topological polar surface area (TPSA) is 142 Å². The van der Waals surface area contributed by atoms with E-state index in [1.807, 2.05) is 45.9 Å². The quantitative estimate of drug-likeness (QED) is 0.133. The molecule has 1 aromatic heterocycles. The molecule has 7 rings (SSSR count). The predicted octanol–water partition coefficient (Wildman–Crippen LogP) is 5.98. The van der Waals surface area contributed by atoms with Crippen LogP contribution in [0.4, 0.5) is 5.95 Å². The van der Waals surface area contributed by atoms with E-state index in [4.69, 9.17) is 23.4 Å². The fraction of sp³-hybridized carbons (Fsp3) is 0.372. The van der Waals surface area contributed by atoms with Gasteiger partial charge in [0.2, 0.25) is 11.7 Å². The van der Waals surface area contributed by atoms with E-state index in [9.17, 15) is 18.0 Å². The molecule has 2 aliphatic heterocycles. The number of carbonyl (C=O) groups is 2. The van der Waals surface area contributed by atoms with Gasteiger partial charge in [0.05, 0.1) is 50.7 Å². The molecule has 4 aromatic carbocycles. The number of piperidine rings is 1. The van der Waals surface area contributed by atoms with E-state index in [2.05, 4.69) is 34.5 Å². The lowest BCUT2D eigenvalue weighted by Gasteiger charge is -2.36. The van der Waals surface area contributed by atoms with Gasteiger partial charge in [-0.05, 0) is 73.7 Å². The van der Waals surface area contributed by atoms with Crippen LogP contribution in [0.25, 0.3) is 11.0 Å². The Morgan fingerprint density at radius 3 is 2.21 bits per heavy atom. The molecule has 2 saturated heterocycles. The Kier molecular flexibility index (Phi) is 11.7. The van der Waals surface area contributed by atoms with Crippen LogP contribution in [0, 0.1) is 0 Å². The van der Waals surface area contributed by atoms with Crippen molar-refractivity contribution in [2.24, 2.45) is 0 Å². The van der Waals surface area contributed by atoms with Crippen LogP contribution in [0.2, 0.25) is 0 Å². The minimum absolute atomic E-state index is 0.0673. The zero-order valence-electron chi connectivity index (χ0n) is 32.8. The number of para-hydroxylation sites is 2. The van der Waals surface area contributed by atoms with Crippen LogP contribution in [-0.2, 0) is 26.3 Å². The first-order valence-electron chi connectivity index (χ1n) is 19.1. The van der Waals surface area contributed by atoms with Crippen LogP contribution in [0.1, 0.15) is 57.5 Å². The van der Waals surface area contributed by atoms with Gasteiger partial charge in [-0.2, -0.15) is 8.42 Å². The monoisotopic (exact) mass is 795 g/mol. The van der Waals surface area contributed by atoms with Gasteiger partial charge in [0, 0.05) is 43.2 Å². The standard InChI is InChI=1S/C43H49N5O8S/c1-53-37-26-31(27-38(54-2)39(37)55-3)40(49)47-25-21-43(29-47,32-13-6-5-7-14-32)20-24-46-22-18-33(19-23-46)44-42-45-35-16-10-11-17-36(35)48(42)28-30-12-8-9-15-34(30)41(50)56-57(4,51)52/h5-17,26-27,33H,18-25,28-29H2,1-4H3,(H,44,45). The van der Waals surface area contributed by atoms with Crippen molar-refractivity contribution < 1.29 is 36.4 Å². The Balaban J connectivity index is 1.03. The minimum atomic E-state index is -3.98. The maximum Gasteiger partial charge on any atom is 0.354 e. The molecule has 2 fully saturated rings. The molecule has 300 valence electrons. The van der Waals surface area contributed by atoms with Gasteiger partial charge >= 0.3 is 16.1 Å². The second-order valence-electron chi connectivity index (χ2n) is 14.8. The molecule has 5 aromatic rings. The van der Waals surface area contributed by atoms with E-state index in [1.165, 1.54) is 5.56 Å². The minimum Gasteiger partial charge on any atom is -0.493 e. The molecule has 2 aliphatic rings. The van der Waals surface area contributed by atoms with Crippen molar-refractivity contribution in [3.63, 3.8) is 0 Å². The maximum absolute atomic E-state index is 14.0. The van der Waals surface area contributed by atoms with Crippen LogP contribution in [0.5, 0.6) is 17.2 Å². The van der Waals surface area contributed by atoms with Gasteiger partial charge < -0.3 is 38.1 Å². The van der Waals surface area contributed by atoms with E-state index >= 15 is 0 Å². The summed E-state index contributed by atoms with van der Waals surface area (Å²) < 4.78 is 46.8. The summed E-state index contributed by atoms with van der Waals surface area (Å²) in [6.45, 7) is 4.23. The summed E-state index contributed by atoms with van der Waals surface area (Å²) in [5, 5.41) is 3.70. The highest BCUT2D eigenvalue weighted by atomic mass is 32.2. The van der Waals surface area contributed by atoms with Crippen molar-refractivity contribution in [1.29, 1.82) is 0 Å². The number of ether oxygens (including phenoxy) is 3. The van der Waals surface area contributed by atoms with Gasteiger partial charge in [0.1, 0.15) is 0 Å². The number of benzene rings is 4. The number of rotatable bonds is 14. The summed E-state index contributed by atoms with van der Waals surface area (Å²) in [6, 6.07) is 28.8. The molecule has 0 saturated carbocycles. The molecule has 1 atom stereocenters. The number of likely N-dealkylation sites (tertiary alicyclic amines) is 2. The number of methoxy groups -OCH3 is 3. The normalized spacial score (nSPS) is 17.7. The highest BCUT2D eigenvalue weighted by molar-refractivity contribution is 7.86. The van der Waals surface area contributed by atoms with E-state index in [0.717, 1.165) is 62.6 Å². The fourth-order valence-corrected chi connectivity index (χ4v) is 8.58. The number of hydrogen-bond donors (Lipinski definition) is 1. The molecule has 1 amide bonds. The van der Waals surface area contributed by atoms with Gasteiger partial charge in [-0.15, -0.1) is 0 Å². The summed E-state index contributed by atoms with van der Waals surface area (Å²) in [7, 11) is 0.663. The largest absolute Gasteiger partial charge is 0.493 e. The number of carbonyl (C=O) groups excluding carboxylic acids is 2. The molecule has 1 N–H and O–H groups in total. The molecule has 0 spiro atoms. The summed E-state index contributed by atoms with van der Waals surface area (Å²) in [6.07, 6.45) is 4.44. The Hall–Kier alpha value is -5.60. The molecule has 0 bridgehead atoms. The van der Waals surface area contributed by atoms with Crippen LogP contribution in [0.3, 0.4) is 0 Å². The van der Waals surface area contributed by atoms with Crippen LogP contribution in [0.15, 0.2) is 91.0 Å². The van der Waals surface area contributed by atoms with Gasteiger partial charge in [-0.1, -0.05) is 60.7 Å². The number of anilines is 1. The second kappa shape index (κ2) is 16.9. The van der Waals surface area contributed by atoms with Crippen LogP contribution in [-0.4, -0.2) is 106 Å². The third-order valence-electron chi connectivity index (χ3n) is 11.2. The van der Waals surface area contributed by atoms with E-state index in [-0.39, 0.29) is 29.5 Å². The number of amides is 1. The molecule has 3 heterocycles. The lowest BCUT2D eigenvalue weighted by Crippen LogP contribution is -2.42. The number of nitrogens with one attached hydrogen (secondary N) is 1. The average molecular weight is 796 g/mol. The summed E-state index contributed by atoms with van der Waals surface area (Å²) in [5.74, 6) is 1.05. The number of imidazole rings is 1. The molecule has 0 radical (unpaired) electrons. The lowest BCUT2D eigenvalue weighted by molar-refractivity contribution is 0.0744. The SMILES string of the molecule is COc1cc(C(=O)N2CCC(CCN3CCC(Nc4nc5ccccc5n4Cc4ccccc4C(=O)OS(C)(=O)=O)CC3)(c3ccccc3)C2)cc(OC)c1OC. The second-order valence-corrected chi connectivity index (χ2v) is 16.4. The van der Waals surface area contributed by atoms with Gasteiger partial charge in [-0.25, -0.2) is 9.78 Å². The van der Waals surface area contributed by atoms with Crippen molar-refractivity contribution in [2.75, 3.05) is 65.6 Å². The fourth-order valence-electron chi connectivity index (χ4n) is 8.22. The van der Waals surface area contributed by atoms with Crippen LogP contribution < -0.4 is 19.5 Å². The van der Waals surface area contributed by atoms with E-state index < -0.39 is 16.1 Å². The van der Waals surface area contributed by atoms with Crippen molar-refractivity contribution in [1.82, 2.24) is 19.4 Å². The van der Waals surface area contributed by atoms with Gasteiger partial charge in [0.15, 0.2) is 11.5 Å². The van der Waals surface area contributed by atoms with E-state index in [0.29, 0.717) is 47.4 Å². The van der Waals surface area contributed by atoms with Crippen molar-refractivity contribution in [3.8, 4) is 17.2 Å². The Labute approximate surface area is 333 Å². The van der Waals surface area contributed by atoms with Crippen LogP contribution >= 0.6 is 0 Å². The summed E-state index contributed by atoms with van der Waals surface area (Å²) in [5.41, 5.74) is 4.06. The number of aromatic nitrogens is 2. The maximum atomic E-state index is 14.0. The van der Waals surface area contributed by atoms with Crippen molar-refractivity contribution in [2.45, 2.75) is 43.7 Å². The third-order valence-corrected chi connectivity index (χ3v) is 11.7. The zero-order chi connectivity index (χ0) is 40.2. The summed E-state index contributed by atoms with van der Waals surface area (Å²) in [4.78, 5) is 36.2. The van der Waals surface area contributed by atoms with Gasteiger partial charge in [-0.3, -0.25) is 4.79 Å². The van der Waals surface area contributed by atoms with Crippen molar-refractivity contribution in [3.05, 3.63) is 113 Å². The van der Waals surface area contributed by atoms with Crippen molar-refractivity contribution >= 4 is 39.0 Å². The molecular weight excluding hydrogens is 747 g/mol. The lowest BCUT2D eigenvalue weighted by atomic mass is 9.76. The first kappa shape index (κ1) is 39.6. The molecule has 57 heavy (non-hydrogen) atoms. The zero-order valence-corrected chi connectivity index (χ0v) is 33.6. The molecule has 0 aliphatic carbocycles. The Morgan fingerprint density at radius 1 is 0.860 bits per heavy atom. The molecular formula is C43H49N5O8S. The predicted molar refractivity (Wildman–Crippen MR) is 218 cm³/mol. The Morgan fingerprint density at radius 2 is 1.53 bits per heavy atom. The molecule has 14 heteroatoms.